The molecule has 0 aliphatic heterocycles. The van der Waals surface area contributed by atoms with Crippen molar-refractivity contribution in [2.75, 3.05) is 19.0 Å². The fraction of sp³-hybridized carbons (Fsp3) is 0.222. The topological polar surface area (TPSA) is 57.4 Å². The van der Waals surface area contributed by atoms with E-state index < -0.39 is 0 Å². The van der Waals surface area contributed by atoms with Gasteiger partial charge in [0.05, 0.1) is 18.8 Å². The molecule has 0 saturated carbocycles. The minimum Gasteiger partial charge on any atom is -0.493 e. The van der Waals surface area contributed by atoms with Gasteiger partial charge in [0.2, 0.25) is 0 Å². The van der Waals surface area contributed by atoms with Gasteiger partial charge in [-0.25, -0.2) is 4.39 Å². The first-order valence-corrected chi connectivity index (χ1v) is 8.81. The minimum atomic E-state index is -0.320. The van der Waals surface area contributed by atoms with Crippen molar-refractivity contribution in [3.05, 3.63) is 54.3 Å². The highest BCUT2D eigenvalue weighted by Crippen LogP contribution is 2.30. The quantitative estimate of drug-likeness (QED) is 0.437. The van der Waals surface area contributed by atoms with Crippen molar-refractivity contribution in [2.24, 2.45) is 0 Å². The summed E-state index contributed by atoms with van der Waals surface area (Å²) in [6.07, 6.45) is 0. The zero-order valence-corrected chi connectivity index (χ0v) is 14.5. The van der Waals surface area contributed by atoms with Crippen LogP contribution < -0.4 is 9.47 Å². The Bertz CT molecular complexity index is 825. The molecular weight excluding hydrogens is 343 g/mol. The van der Waals surface area contributed by atoms with Crippen molar-refractivity contribution >= 4 is 11.8 Å². The van der Waals surface area contributed by atoms with Crippen LogP contribution in [0.4, 0.5) is 4.39 Å². The second-order valence-electron chi connectivity index (χ2n) is 4.96. The van der Waals surface area contributed by atoms with E-state index in [1.807, 2.05) is 31.2 Å². The van der Waals surface area contributed by atoms with Gasteiger partial charge in [-0.2, -0.15) is 0 Å². The Morgan fingerprint density at radius 1 is 1.08 bits per heavy atom. The third-order valence-corrected chi connectivity index (χ3v) is 3.98. The van der Waals surface area contributed by atoms with Crippen molar-refractivity contribution < 1.29 is 18.3 Å². The van der Waals surface area contributed by atoms with E-state index in [-0.39, 0.29) is 5.82 Å². The van der Waals surface area contributed by atoms with Gasteiger partial charge >= 0.3 is 0 Å². The molecule has 2 aromatic carbocycles. The summed E-state index contributed by atoms with van der Waals surface area (Å²) in [5.41, 5.74) is 0.764. The maximum Gasteiger partial charge on any atom is 0.276 e. The number of rotatable bonds is 8. The summed E-state index contributed by atoms with van der Waals surface area (Å²) in [5.74, 6) is 1.90. The maximum absolute atomic E-state index is 13.1. The molecule has 0 spiro atoms. The molecule has 0 amide bonds. The molecule has 3 aromatic rings. The van der Waals surface area contributed by atoms with E-state index in [9.17, 15) is 4.39 Å². The fourth-order valence-corrected chi connectivity index (χ4v) is 2.72. The Kier molecular flexibility index (Phi) is 5.90. The summed E-state index contributed by atoms with van der Waals surface area (Å²) < 4.78 is 29.8. The SMILES string of the molecule is CCOc1ccccc1-c1nnc(SCCOc2cccc(F)c2)o1. The number of para-hydroxylation sites is 1. The van der Waals surface area contributed by atoms with Gasteiger partial charge in [-0.05, 0) is 31.2 Å². The summed E-state index contributed by atoms with van der Waals surface area (Å²) in [6, 6.07) is 13.6. The van der Waals surface area contributed by atoms with E-state index in [0.29, 0.717) is 41.6 Å². The van der Waals surface area contributed by atoms with Crippen molar-refractivity contribution in [3.8, 4) is 23.0 Å². The number of halogens is 1. The zero-order chi connectivity index (χ0) is 17.5. The molecular formula is C18H17FN2O3S. The van der Waals surface area contributed by atoms with E-state index >= 15 is 0 Å². The molecule has 0 saturated heterocycles. The molecule has 0 aliphatic carbocycles. The second kappa shape index (κ2) is 8.53. The van der Waals surface area contributed by atoms with Gasteiger partial charge in [0.25, 0.3) is 11.1 Å². The second-order valence-corrected chi connectivity index (χ2v) is 6.00. The van der Waals surface area contributed by atoms with Crippen LogP contribution in [0.5, 0.6) is 11.5 Å². The molecule has 0 N–H and O–H groups in total. The number of hydrogen-bond acceptors (Lipinski definition) is 6. The number of thioether (sulfide) groups is 1. The Morgan fingerprint density at radius 2 is 1.96 bits per heavy atom. The first-order chi connectivity index (χ1) is 12.3. The zero-order valence-electron chi connectivity index (χ0n) is 13.6. The molecule has 25 heavy (non-hydrogen) atoms. The summed E-state index contributed by atoms with van der Waals surface area (Å²) in [4.78, 5) is 0. The van der Waals surface area contributed by atoms with E-state index in [1.165, 1.54) is 23.9 Å². The Labute approximate surface area is 149 Å². The van der Waals surface area contributed by atoms with E-state index in [1.54, 1.807) is 12.1 Å². The predicted octanol–water partition coefficient (Wildman–Crippen LogP) is 4.45. The average molecular weight is 360 g/mol. The Morgan fingerprint density at radius 3 is 2.80 bits per heavy atom. The third-order valence-electron chi connectivity index (χ3n) is 3.20. The molecule has 0 unspecified atom stereocenters. The van der Waals surface area contributed by atoms with Crippen LogP contribution in [0.3, 0.4) is 0 Å². The van der Waals surface area contributed by atoms with Crippen molar-refractivity contribution in [1.29, 1.82) is 0 Å². The van der Waals surface area contributed by atoms with Gasteiger partial charge < -0.3 is 13.9 Å². The lowest BCUT2D eigenvalue weighted by Gasteiger charge is -2.06. The van der Waals surface area contributed by atoms with Gasteiger partial charge in [0, 0.05) is 11.8 Å². The lowest BCUT2D eigenvalue weighted by molar-refractivity contribution is 0.339. The van der Waals surface area contributed by atoms with Gasteiger partial charge in [0.1, 0.15) is 17.3 Å². The van der Waals surface area contributed by atoms with E-state index in [0.717, 1.165) is 5.56 Å². The van der Waals surface area contributed by atoms with Crippen molar-refractivity contribution in [2.45, 2.75) is 12.1 Å². The molecule has 1 aromatic heterocycles. The maximum atomic E-state index is 13.1. The molecule has 0 radical (unpaired) electrons. The minimum absolute atomic E-state index is 0.320. The molecule has 0 atom stereocenters. The Hall–Kier alpha value is -2.54. The van der Waals surface area contributed by atoms with Crippen LogP contribution in [0.1, 0.15) is 6.92 Å². The molecule has 1 heterocycles. The highest BCUT2D eigenvalue weighted by atomic mass is 32.2. The molecule has 5 nitrogen and oxygen atoms in total. The number of benzene rings is 2. The molecule has 7 heteroatoms. The standard InChI is InChI=1S/C18H17FN2O3S/c1-2-22-16-9-4-3-8-15(16)17-20-21-18(24-17)25-11-10-23-14-7-5-6-13(19)12-14/h3-9,12H,2,10-11H2,1H3. The van der Waals surface area contributed by atoms with Gasteiger partial charge in [-0.15, -0.1) is 10.2 Å². The van der Waals surface area contributed by atoms with Crippen LogP contribution in [-0.2, 0) is 0 Å². The summed E-state index contributed by atoms with van der Waals surface area (Å²) >= 11 is 1.38. The predicted molar refractivity (Wildman–Crippen MR) is 93.5 cm³/mol. The van der Waals surface area contributed by atoms with E-state index in [4.69, 9.17) is 13.9 Å². The lowest BCUT2D eigenvalue weighted by atomic mass is 10.2. The molecule has 0 bridgehead atoms. The number of ether oxygens (including phenoxy) is 2. The van der Waals surface area contributed by atoms with Gasteiger partial charge in [0.15, 0.2) is 0 Å². The van der Waals surface area contributed by atoms with Crippen molar-refractivity contribution in [1.82, 2.24) is 10.2 Å². The normalized spacial score (nSPS) is 10.6. The monoisotopic (exact) mass is 360 g/mol. The third kappa shape index (κ3) is 4.73. The average Bonchev–Trinajstić information content (AvgIpc) is 3.08. The lowest BCUT2D eigenvalue weighted by Crippen LogP contribution is -2.00. The number of hydrogen-bond donors (Lipinski definition) is 0. The van der Waals surface area contributed by atoms with Crippen molar-refractivity contribution in [3.63, 3.8) is 0 Å². The Balaban J connectivity index is 1.55. The molecule has 3 rings (SSSR count). The fourth-order valence-electron chi connectivity index (χ4n) is 2.15. The van der Waals surface area contributed by atoms with Crippen LogP contribution >= 0.6 is 11.8 Å². The summed E-state index contributed by atoms with van der Waals surface area (Å²) in [5, 5.41) is 8.55. The van der Waals surface area contributed by atoms with Crippen LogP contribution in [0.15, 0.2) is 58.2 Å². The largest absolute Gasteiger partial charge is 0.493 e. The molecule has 0 aliphatic rings. The molecule has 0 fully saturated rings. The number of nitrogens with zero attached hydrogens (tertiary/aromatic N) is 2. The van der Waals surface area contributed by atoms with E-state index in [2.05, 4.69) is 10.2 Å². The van der Waals surface area contributed by atoms with Gasteiger partial charge in [-0.3, -0.25) is 0 Å². The highest BCUT2D eigenvalue weighted by Gasteiger charge is 2.13. The first kappa shape index (κ1) is 17.3. The highest BCUT2D eigenvalue weighted by molar-refractivity contribution is 7.99. The summed E-state index contributed by atoms with van der Waals surface area (Å²) in [7, 11) is 0. The smallest absolute Gasteiger partial charge is 0.276 e. The van der Waals surface area contributed by atoms with Crippen LogP contribution in [-0.4, -0.2) is 29.2 Å². The molecule has 130 valence electrons. The number of aromatic nitrogens is 2. The summed E-state index contributed by atoms with van der Waals surface area (Å²) in [6.45, 7) is 2.88. The van der Waals surface area contributed by atoms with Crippen LogP contribution in [0.25, 0.3) is 11.5 Å². The first-order valence-electron chi connectivity index (χ1n) is 7.83. The van der Waals surface area contributed by atoms with Crippen LogP contribution in [0.2, 0.25) is 0 Å². The van der Waals surface area contributed by atoms with Crippen LogP contribution in [0, 0.1) is 5.82 Å². The van der Waals surface area contributed by atoms with Gasteiger partial charge in [-0.1, -0.05) is 30.0 Å².